The molecule has 0 fully saturated rings. The van der Waals surface area contributed by atoms with Gasteiger partial charge in [-0.25, -0.2) is 15.0 Å². The predicted molar refractivity (Wildman–Crippen MR) is 171 cm³/mol. The maximum atomic E-state index is 5.27. The van der Waals surface area contributed by atoms with Gasteiger partial charge in [0.15, 0.2) is 0 Å². The van der Waals surface area contributed by atoms with Crippen molar-refractivity contribution in [2.75, 3.05) is 0 Å². The summed E-state index contributed by atoms with van der Waals surface area (Å²) in [5, 5.41) is 7.29. The fourth-order valence-electron chi connectivity index (χ4n) is 6.09. The molecule has 0 N–H and O–H groups in total. The molecule has 0 aliphatic rings. The number of hydrogen-bond acceptors (Lipinski definition) is 5. The van der Waals surface area contributed by atoms with Gasteiger partial charge in [-0.05, 0) is 24.3 Å². The number of pyridine rings is 5. The van der Waals surface area contributed by atoms with E-state index in [0.717, 1.165) is 87.9 Å². The van der Waals surface area contributed by atoms with Gasteiger partial charge in [0, 0.05) is 55.7 Å². The Bertz CT molecular complexity index is 2520. The quantitative estimate of drug-likeness (QED) is 0.207. The lowest BCUT2D eigenvalue weighted by Crippen LogP contribution is -1.96. The van der Waals surface area contributed by atoms with E-state index in [9.17, 15) is 0 Å². The van der Waals surface area contributed by atoms with Crippen LogP contribution >= 0.6 is 0 Å². The first-order valence-corrected chi connectivity index (χ1v) is 13.9. The van der Waals surface area contributed by atoms with Gasteiger partial charge in [-0.1, -0.05) is 91.0 Å². The molecule has 9 rings (SSSR count). The van der Waals surface area contributed by atoms with Crippen LogP contribution in [0.5, 0.6) is 0 Å². The highest BCUT2D eigenvalue weighted by molar-refractivity contribution is 6.23. The molecular weight excluding hydrogens is 514 g/mol. The van der Waals surface area contributed by atoms with E-state index in [1.54, 1.807) is 0 Å². The highest BCUT2D eigenvalue weighted by Crippen LogP contribution is 2.38. The maximum Gasteiger partial charge on any atom is 0.0979 e. The van der Waals surface area contributed by atoms with Crippen LogP contribution in [0.3, 0.4) is 0 Å². The number of rotatable bonds is 2. The summed E-state index contributed by atoms with van der Waals surface area (Å²) in [5.41, 5.74) is 8.01. The van der Waals surface area contributed by atoms with Crippen molar-refractivity contribution in [2.24, 2.45) is 0 Å². The summed E-state index contributed by atoms with van der Waals surface area (Å²) in [6.07, 6.45) is 3.78. The third-order valence-corrected chi connectivity index (χ3v) is 8.10. The molecule has 0 radical (unpaired) electrons. The topological polar surface area (TPSA) is 64.5 Å². The summed E-state index contributed by atoms with van der Waals surface area (Å²) in [6.45, 7) is 0. The van der Waals surface area contributed by atoms with E-state index in [-0.39, 0.29) is 0 Å². The van der Waals surface area contributed by atoms with Gasteiger partial charge in [-0.3, -0.25) is 9.97 Å². The van der Waals surface area contributed by atoms with Crippen LogP contribution in [0, 0.1) is 0 Å². The predicted octanol–water partition coefficient (Wildman–Crippen LogP) is 8.91. The Kier molecular flexibility index (Phi) is 4.83. The molecule has 42 heavy (non-hydrogen) atoms. The van der Waals surface area contributed by atoms with Crippen LogP contribution in [0.2, 0.25) is 0 Å². The Balaban J connectivity index is 1.38. The van der Waals surface area contributed by atoms with Crippen molar-refractivity contribution >= 4 is 65.3 Å². The zero-order valence-corrected chi connectivity index (χ0v) is 22.4. The molecule has 194 valence electrons. The van der Waals surface area contributed by atoms with Crippen molar-refractivity contribution < 1.29 is 0 Å². The fraction of sp³-hybridized carbons (Fsp3) is 0. The molecule has 5 heteroatoms. The van der Waals surface area contributed by atoms with E-state index in [1.165, 1.54) is 0 Å². The zero-order chi connectivity index (χ0) is 27.6. The highest BCUT2D eigenvalue weighted by Gasteiger charge is 2.17. The Hall–Kier alpha value is -5.81. The minimum atomic E-state index is 0.797. The summed E-state index contributed by atoms with van der Waals surface area (Å²) in [6, 6.07) is 39.4. The van der Waals surface area contributed by atoms with E-state index in [1.807, 2.05) is 48.8 Å². The summed E-state index contributed by atoms with van der Waals surface area (Å²) in [7, 11) is 0. The highest BCUT2D eigenvalue weighted by atomic mass is 14.8. The maximum absolute atomic E-state index is 5.27. The largest absolute Gasteiger partial charge is 0.254 e. The number of benzene rings is 4. The summed E-state index contributed by atoms with van der Waals surface area (Å²) in [4.78, 5) is 25.2. The lowest BCUT2D eigenvalue weighted by atomic mass is 9.98. The second-order valence-corrected chi connectivity index (χ2v) is 10.5. The average molecular weight is 536 g/mol. The normalized spacial score (nSPS) is 11.8. The van der Waals surface area contributed by atoms with Crippen LogP contribution in [-0.2, 0) is 0 Å². The third kappa shape index (κ3) is 3.40. The monoisotopic (exact) mass is 535 g/mol. The minimum Gasteiger partial charge on any atom is -0.254 e. The van der Waals surface area contributed by atoms with Crippen LogP contribution in [-0.4, -0.2) is 24.9 Å². The fourth-order valence-corrected chi connectivity index (χ4v) is 6.09. The van der Waals surface area contributed by atoms with Crippen molar-refractivity contribution in [1.82, 2.24) is 24.9 Å². The van der Waals surface area contributed by atoms with Crippen molar-refractivity contribution in [3.8, 4) is 22.6 Å². The molecule has 0 amide bonds. The molecular formula is C37H21N5. The second-order valence-electron chi connectivity index (χ2n) is 10.5. The van der Waals surface area contributed by atoms with Crippen LogP contribution in [0.1, 0.15) is 0 Å². The first-order chi connectivity index (χ1) is 20.8. The van der Waals surface area contributed by atoms with E-state index >= 15 is 0 Å². The molecule has 0 unspecified atom stereocenters. The third-order valence-electron chi connectivity index (χ3n) is 8.10. The molecule has 5 aromatic heterocycles. The van der Waals surface area contributed by atoms with Gasteiger partial charge in [0.25, 0.3) is 0 Å². The molecule has 0 spiro atoms. The summed E-state index contributed by atoms with van der Waals surface area (Å²) >= 11 is 0. The molecule has 0 saturated carbocycles. The smallest absolute Gasteiger partial charge is 0.0979 e. The number of para-hydroxylation sites is 1. The first kappa shape index (κ1) is 22.9. The Labute approximate surface area is 240 Å². The molecule has 0 aliphatic heterocycles. The van der Waals surface area contributed by atoms with Crippen molar-refractivity contribution in [2.45, 2.75) is 0 Å². The number of fused-ring (bicyclic) bond motifs is 10. The van der Waals surface area contributed by atoms with E-state index in [4.69, 9.17) is 19.9 Å². The molecule has 0 aliphatic carbocycles. The Morgan fingerprint density at radius 1 is 0.405 bits per heavy atom. The van der Waals surface area contributed by atoms with E-state index in [2.05, 4.69) is 83.8 Å². The van der Waals surface area contributed by atoms with Gasteiger partial charge in [0.1, 0.15) is 0 Å². The lowest BCUT2D eigenvalue weighted by molar-refractivity contribution is 1.33. The minimum absolute atomic E-state index is 0.797. The van der Waals surface area contributed by atoms with E-state index < -0.39 is 0 Å². The van der Waals surface area contributed by atoms with Gasteiger partial charge in [-0.15, -0.1) is 0 Å². The Morgan fingerprint density at radius 3 is 1.95 bits per heavy atom. The van der Waals surface area contributed by atoms with Crippen LogP contribution in [0.15, 0.2) is 128 Å². The lowest BCUT2D eigenvalue weighted by Gasteiger charge is -2.13. The first-order valence-electron chi connectivity index (χ1n) is 13.9. The standard InChI is InChI=1S/C37H21N5/c1-2-7-22(8-3-1)29-18-15-24-12-13-25-16-19-31(42-35(25)34(24)40-29)37-32-27-17-14-23-9-6-20-38-33(23)36(27)39-21-28(32)26-10-4-5-11-30(26)41-37/h1-21H. The summed E-state index contributed by atoms with van der Waals surface area (Å²) in [5.74, 6) is 0. The Morgan fingerprint density at radius 2 is 1.10 bits per heavy atom. The average Bonchev–Trinajstić information content (AvgIpc) is 3.07. The molecule has 5 heterocycles. The number of nitrogens with zero attached hydrogens (tertiary/aromatic N) is 5. The zero-order valence-electron chi connectivity index (χ0n) is 22.4. The summed E-state index contributed by atoms with van der Waals surface area (Å²) < 4.78 is 0. The molecule has 4 aromatic carbocycles. The SMILES string of the molecule is c1ccc(-c2ccc3ccc4ccc(-c5nc6ccccc6c6cnc7c(ccc8cccnc87)c56)nc4c3n2)cc1. The van der Waals surface area contributed by atoms with Crippen LogP contribution < -0.4 is 0 Å². The van der Waals surface area contributed by atoms with Gasteiger partial charge < -0.3 is 0 Å². The molecule has 0 saturated heterocycles. The van der Waals surface area contributed by atoms with Crippen molar-refractivity contribution in [3.63, 3.8) is 0 Å². The van der Waals surface area contributed by atoms with Gasteiger partial charge >= 0.3 is 0 Å². The molecule has 9 aromatic rings. The molecule has 5 nitrogen and oxygen atoms in total. The molecule has 0 atom stereocenters. The van der Waals surface area contributed by atoms with Crippen LogP contribution in [0.25, 0.3) is 87.9 Å². The van der Waals surface area contributed by atoms with Gasteiger partial charge in [0.2, 0.25) is 0 Å². The van der Waals surface area contributed by atoms with Gasteiger partial charge in [-0.2, -0.15) is 0 Å². The second kappa shape index (κ2) is 8.85. The molecule has 0 bridgehead atoms. The van der Waals surface area contributed by atoms with Crippen LogP contribution in [0.4, 0.5) is 0 Å². The van der Waals surface area contributed by atoms with E-state index in [0.29, 0.717) is 0 Å². The number of aromatic nitrogens is 5. The number of hydrogen-bond donors (Lipinski definition) is 0. The van der Waals surface area contributed by atoms with Gasteiger partial charge in [0.05, 0.1) is 44.7 Å². The van der Waals surface area contributed by atoms with Crippen molar-refractivity contribution in [1.29, 1.82) is 0 Å². The van der Waals surface area contributed by atoms with Crippen molar-refractivity contribution in [3.05, 3.63) is 128 Å².